The van der Waals surface area contributed by atoms with Crippen molar-refractivity contribution in [3.8, 4) is 0 Å². The second-order valence-electron chi connectivity index (χ2n) is 5.18. The van der Waals surface area contributed by atoms with Crippen molar-refractivity contribution in [3.05, 3.63) is 52.7 Å². The van der Waals surface area contributed by atoms with Gasteiger partial charge in [0.05, 0.1) is 18.7 Å². The van der Waals surface area contributed by atoms with E-state index in [2.05, 4.69) is 20.9 Å². The Morgan fingerprint density at radius 1 is 1.27 bits per heavy atom. The molecule has 1 aliphatic rings. The lowest BCUT2D eigenvalue weighted by atomic mass is 10.2. The molecule has 22 heavy (non-hydrogen) atoms. The van der Waals surface area contributed by atoms with Crippen LogP contribution in [0.4, 0.5) is 10.2 Å². The standard InChI is InChI=1S/C16H14FN3OS/c17-11-3-4-13-12(8-11)16(19-10-18-13)20-5-6-21-14(9-20)15-2-1-7-22-15/h1-4,7-8,10,14H,5-6,9H2. The average Bonchev–Trinajstić information content (AvgIpc) is 3.09. The lowest BCUT2D eigenvalue weighted by molar-refractivity contribution is 0.0419. The van der Waals surface area contributed by atoms with E-state index in [-0.39, 0.29) is 11.9 Å². The molecule has 3 heterocycles. The van der Waals surface area contributed by atoms with Crippen LogP contribution >= 0.6 is 11.3 Å². The molecule has 0 amide bonds. The molecular weight excluding hydrogens is 301 g/mol. The topological polar surface area (TPSA) is 38.2 Å². The minimum Gasteiger partial charge on any atom is -0.369 e. The zero-order valence-electron chi connectivity index (χ0n) is 11.8. The molecule has 0 radical (unpaired) electrons. The van der Waals surface area contributed by atoms with Crippen LogP contribution in [-0.2, 0) is 4.74 Å². The van der Waals surface area contributed by atoms with E-state index in [1.807, 2.05) is 11.4 Å². The van der Waals surface area contributed by atoms with Crippen molar-refractivity contribution in [1.82, 2.24) is 9.97 Å². The number of aromatic nitrogens is 2. The minimum absolute atomic E-state index is 0.0346. The van der Waals surface area contributed by atoms with E-state index >= 15 is 0 Å². The van der Waals surface area contributed by atoms with Gasteiger partial charge in [-0.2, -0.15) is 0 Å². The SMILES string of the molecule is Fc1ccc2ncnc(N3CCOC(c4cccs4)C3)c2c1. The molecule has 1 unspecified atom stereocenters. The smallest absolute Gasteiger partial charge is 0.140 e. The Bertz CT molecular complexity index is 793. The summed E-state index contributed by atoms with van der Waals surface area (Å²) in [5.74, 6) is 0.501. The number of morpholine rings is 1. The van der Waals surface area contributed by atoms with Crippen molar-refractivity contribution in [1.29, 1.82) is 0 Å². The Balaban J connectivity index is 1.70. The van der Waals surface area contributed by atoms with Crippen molar-refractivity contribution in [2.75, 3.05) is 24.6 Å². The van der Waals surface area contributed by atoms with Gasteiger partial charge in [0.2, 0.25) is 0 Å². The van der Waals surface area contributed by atoms with E-state index < -0.39 is 0 Å². The van der Waals surface area contributed by atoms with E-state index in [4.69, 9.17) is 4.74 Å². The predicted molar refractivity (Wildman–Crippen MR) is 84.7 cm³/mol. The Hall–Kier alpha value is -2.05. The third-order valence-corrected chi connectivity index (χ3v) is 4.77. The van der Waals surface area contributed by atoms with Gasteiger partial charge in [0.15, 0.2) is 0 Å². The van der Waals surface area contributed by atoms with Crippen LogP contribution in [0.2, 0.25) is 0 Å². The van der Waals surface area contributed by atoms with Crippen LogP contribution in [-0.4, -0.2) is 29.7 Å². The molecule has 0 bridgehead atoms. The third-order valence-electron chi connectivity index (χ3n) is 3.80. The van der Waals surface area contributed by atoms with Crippen LogP contribution in [0.3, 0.4) is 0 Å². The molecule has 2 aromatic heterocycles. The quantitative estimate of drug-likeness (QED) is 0.726. The van der Waals surface area contributed by atoms with Gasteiger partial charge in [-0.05, 0) is 29.6 Å². The normalized spacial score (nSPS) is 18.8. The summed E-state index contributed by atoms with van der Waals surface area (Å²) in [4.78, 5) is 11.9. The van der Waals surface area contributed by atoms with Gasteiger partial charge in [-0.3, -0.25) is 0 Å². The molecule has 1 atom stereocenters. The summed E-state index contributed by atoms with van der Waals surface area (Å²) in [6.45, 7) is 2.08. The molecular formula is C16H14FN3OS. The van der Waals surface area contributed by atoms with Crippen molar-refractivity contribution < 1.29 is 9.13 Å². The average molecular weight is 315 g/mol. The number of fused-ring (bicyclic) bond motifs is 1. The first-order chi connectivity index (χ1) is 10.8. The highest BCUT2D eigenvalue weighted by atomic mass is 32.1. The summed E-state index contributed by atoms with van der Waals surface area (Å²) in [5, 5.41) is 2.79. The summed E-state index contributed by atoms with van der Waals surface area (Å²) < 4.78 is 19.4. The van der Waals surface area contributed by atoms with Gasteiger partial charge >= 0.3 is 0 Å². The van der Waals surface area contributed by atoms with Crippen LogP contribution < -0.4 is 4.90 Å². The number of nitrogens with zero attached hydrogens (tertiary/aromatic N) is 3. The summed E-state index contributed by atoms with van der Waals surface area (Å²) in [6, 6.07) is 8.72. The molecule has 1 saturated heterocycles. The molecule has 112 valence electrons. The van der Waals surface area contributed by atoms with E-state index in [1.54, 1.807) is 17.4 Å². The van der Waals surface area contributed by atoms with Gasteiger partial charge in [-0.15, -0.1) is 11.3 Å². The summed E-state index contributed by atoms with van der Waals surface area (Å²) in [7, 11) is 0. The van der Waals surface area contributed by atoms with Gasteiger partial charge in [0.1, 0.15) is 24.1 Å². The summed E-state index contributed by atoms with van der Waals surface area (Å²) >= 11 is 1.69. The molecule has 0 aliphatic carbocycles. The monoisotopic (exact) mass is 315 g/mol. The Labute approximate surface area is 131 Å². The third kappa shape index (κ3) is 2.44. The van der Waals surface area contributed by atoms with Crippen molar-refractivity contribution in [2.45, 2.75) is 6.10 Å². The van der Waals surface area contributed by atoms with Gasteiger partial charge in [0, 0.05) is 16.8 Å². The number of thiophene rings is 1. The number of hydrogen-bond donors (Lipinski definition) is 0. The molecule has 0 saturated carbocycles. The van der Waals surface area contributed by atoms with Crippen LogP contribution in [0.15, 0.2) is 42.0 Å². The number of halogens is 1. The van der Waals surface area contributed by atoms with Crippen LogP contribution in [0, 0.1) is 5.82 Å². The first-order valence-electron chi connectivity index (χ1n) is 7.11. The number of ether oxygens (including phenoxy) is 1. The molecule has 3 aromatic rings. The number of benzene rings is 1. The largest absolute Gasteiger partial charge is 0.369 e. The van der Waals surface area contributed by atoms with Gasteiger partial charge < -0.3 is 9.64 Å². The first kappa shape index (κ1) is 13.6. The molecule has 4 rings (SSSR count). The molecule has 1 aromatic carbocycles. The number of anilines is 1. The van der Waals surface area contributed by atoms with E-state index in [1.165, 1.54) is 23.3 Å². The lowest BCUT2D eigenvalue weighted by Crippen LogP contribution is -2.38. The zero-order chi connectivity index (χ0) is 14.9. The van der Waals surface area contributed by atoms with Crippen molar-refractivity contribution >= 4 is 28.1 Å². The molecule has 4 nitrogen and oxygen atoms in total. The minimum atomic E-state index is -0.272. The van der Waals surface area contributed by atoms with Crippen molar-refractivity contribution in [3.63, 3.8) is 0 Å². The maximum absolute atomic E-state index is 13.6. The highest BCUT2D eigenvalue weighted by Gasteiger charge is 2.24. The lowest BCUT2D eigenvalue weighted by Gasteiger charge is -2.33. The second-order valence-corrected chi connectivity index (χ2v) is 6.16. The van der Waals surface area contributed by atoms with Gasteiger partial charge in [0.25, 0.3) is 0 Å². The Morgan fingerprint density at radius 2 is 2.23 bits per heavy atom. The fraction of sp³-hybridized carbons (Fsp3) is 0.250. The predicted octanol–water partition coefficient (Wildman–Crippen LogP) is 3.41. The van der Waals surface area contributed by atoms with Crippen LogP contribution in [0.25, 0.3) is 10.9 Å². The molecule has 1 aliphatic heterocycles. The first-order valence-corrected chi connectivity index (χ1v) is 7.99. The summed E-state index contributed by atoms with van der Waals surface area (Å²) in [5.41, 5.74) is 0.755. The zero-order valence-corrected chi connectivity index (χ0v) is 12.6. The van der Waals surface area contributed by atoms with E-state index in [9.17, 15) is 4.39 Å². The maximum Gasteiger partial charge on any atom is 0.140 e. The van der Waals surface area contributed by atoms with Gasteiger partial charge in [-0.25, -0.2) is 14.4 Å². The van der Waals surface area contributed by atoms with Gasteiger partial charge in [-0.1, -0.05) is 6.07 Å². The van der Waals surface area contributed by atoms with E-state index in [0.717, 1.165) is 23.3 Å². The number of rotatable bonds is 2. The molecule has 6 heteroatoms. The maximum atomic E-state index is 13.6. The Morgan fingerprint density at radius 3 is 3.09 bits per heavy atom. The molecule has 0 N–H and O–H groups in total. The second kappa shape index (κ2) is 5.62. The molecule has 1 fully saturated rings. The number of hydrogen-bond acceptors (Lipinski definition) is 5. The van der Waals surface area contributed by atoms with Crippen LogP contribution in [0.1, 0.15) is 11.0 Å². The fourth-order valence-electron chi connectivity index (χ4n) is 2.76. The Kier molecular flexibility index (Phi) is 3.48. The summed E-state index contributed by atoms with van der Waals surface area (Å²) in [6.07, 6.45) is 1.57. The van der Waals surface area contributed by atoms with Crippen LogP contribution in [0.5, 0.6) is 0 Å². The highest BCUT2D eigenvalue weighted by molar-refractivity contribution is 7.10. The fourth-order valence-corrected chi connectivity index (χ4v) is 3.52. The molecule has 0 spiro atoms. The van der Waals surface area contributed by atoms with E-state index in [0.29, 0.717) is 13.2 Å². The highest BCUT2D eigenvalue weighted by Crippen LogP contribution is 2.30. The van der Waals surface area contributed by atoms with Crippen molar-refractivity contribution in [2.24, 2.45) is 0 Å².